The predicted octanol–water partition coefficient (Wildman–Crippen LogP) is 0.628. The number of aromatic carboxylic acids is 1. The van der Waals surface area contributed by atoms with Gasteiger partial charge in [-0.1, -0.05) is 0 Å². The average Bonchev–Trinajstić information content (AvgIpc) is 2.70. The van der Waals surface area contributed by atoms with Crippen molar-refractivity contribution in [3.8, 4) is 0 Å². The molecule has 0 radical (unpaired) electrons. The minimum Gasteiger partial charge on any atom is -0.476 e. The standard InChI is InChI=1S/C9H9N3O2/c13-9(14)8-7(2-1-3-11-8)12-5-4-10-6-12/h1-3,6H,4-5H2,(H,13,14). The molecule has 0 saturated carbocycles. The van der Waals surface area contributed by atoms with Gasteiger partial charge >= 0.3 is 5.97 Å². The Morgan fingerprint density at radius 2 is 2.43 bits per heavy atom. The number of carbonyl (C=O) groups is 1. The first-order valence-electron chi connectivity index (χ1n) is 4.24. The van der Waals surface area contributed by atoms with Crippen LogP contribution < -0.4 is 4.90 Å². The van der Waals surface area contributed by atoms with Crippen LogP contribution in [-0.2, 0) is 0 Å². The fourth-order valence-corrected chi connectivity index (χ4v) is 1.36. The third kappa shape index (κ3) is 1.44. The number of carboxylic acid groups (broad SMARTS) is 1. The smallest absolute Gasteiger partial charge is 0.356 e. The molecule has 5 nitrogen and oxygen atoms in total. The lowest BCUT2D eigenvalue weighted by atomic mass is 10.2. The van der Waals surface area contributed by atoms with Gasteiger partial charge in [-0.05, 0) is 12.1 Å². The van der Waals surface area contributed by atoms with E-state index in [1.807, 2.05) is 0 Å². The van der Waals surface area contributed by atoms with Crippen molar-refractivity contribution in [1.29, 1.82) is 0 Å². The van der Waals surface area contributed by atoms with Gasteiger partial charge < -0.3 is 10.0 Å². The molecule has 0 saturated heterocycles. The van der Waals surface area contributed by atoms with Crippen LogP contribution in [-0.4, -0.2) is 35.5 Å². The van der Waals surface area contributed by atoms with Gasteiger partial charge in [0.1, 0.15) is 0 Å². The first kappa shape index (κ1) is 8.68. The van der Waals surface area contributed by atoms with Crippen molar-refractivity contribution in [2.45, 2.75) is 0 Å². The molecule has 2 rings (SSSR count). The summed E-state index contributed by atoms with van der Waals surface area (Å²) in [6.07, 6.45) is 3.11. The maximum Gasteiger partial charge on any atom is 0.356 e. The van der Waals surface area contributed by atoms with Crippen LogP contribution in [0.1, 0.15) is 10.5 Å². The van der Waals surface area contributed by atoms with E-state index in [-0.39, 0.29) is 5.69 Å². The van der Waals surface area contributed by atoms with Crippen molar-refractivity contribution in [2.24, 2.45) is 4.99 Å². The Bertz CT molecular complexity index is 389. The normalized spacial score (nSPS) is 14.7. The van der Waals surface area contributed by atoms with Crippen LogP contribution in [0.15, 0.2) is 23.3 Å². The number of aliphatic imine (C=N–C) groups is 1. The van der Waals surface area contributed by atoms with Crippen molar-refractivity contribution in [2.75, 3.05) is 18.0 Å². The second-order valence-electron chi connectivity index (χ2n) is 2.89. The summed E-state index contributed by atoms with van der Waals surface area (Å²) in [7, 11) is 0. The van der Waals surface area contributed by atoms with Gasteiger partial charge in [0, 0.05) is 12.7 Å². The highest BCUT2D eigenvalue weighted by Gasteiger charge is 2.17. The van der Waals surface area contributed by atoms with E-state index < -0.39 is 5.97 Å². The maximum atomic E-state index is 10.8. The summed E-state index contributed by atoms with van der Waals surface area (Å²) in [5.41, 5.74) is 0.669. The Balaban J connectivity index is 2.40. The summed E-state index contributed by atoms with van der Waals surface area (Å²) < 4.78 is 0. The molecule has 5 heteroatoms. The van der Waals surface area contributed by atoms with E-state index >= 15 is 0 Å². The van der Waals surface area contributed by atoms with Crippen LogP contribution in [0.2, 0.25) is 0 Å². The molecule has 72 valence electrons. The zero-order chi connectivity index (χ0) is 9.97. The van der Waals surface area contributed by atoms with Gasteiger partial charge in [0.25, 0.3) is 0 Å². The summed E-state index contributed by atoms with van der Waals surface area (Å²) in [6.45, 7) is 1.42. The highest BCUT2D eigenvalue weighted by Crippen LogP contribution is 2.18. The van der Waals surface area contributed by atoms with E-state index in [1.165, 1.54) is 6.20 Å². The van der Waals surface area contributed by atoms with Crippen molar-refractivity contribution in [1.82, 2.24) is 4.98 Å². The third-order valence-corrected chi connectivity index (χ3v) is 1.99. The number of nitrogens with zero attached hydrogens (tertiary/aromatic N) is 3. The average molecular weight is 191 g/mol. The SMILES string of the molecule is O=C(O)c1ncccc1N1C=NCC1. The second kappa shape index (κ2) is 3.45. The monoisotopic (exact) mass is 191 g/mol. The van der Waals surface area contributed by atoms with E-state index in [1.54, 1.807) is 23.4 Å². The number of carboxylic acids is 1. The number of rotatable bonds is 2. The van der Waals surface area contributed by atoms with Gasteiger partial charge in [0.15, 0.2) is 5.69 Å². The molecule has 0 amide bonds. The van der Waals surface area contributed by atoms with Crippen molar-refractivity contribution >= 4 is 18.0 Å². The lowest BCUT2D eigenvalue weighted by Gasteiger charge is -2.14. The molecule has 2 heterocycles. The molecule has 0 aliphatic carbocycles. The van der Waals surface area contributed by atoms with E-state index in [0.29, 0.717) is 18.8 Å². The molecule has 0 aromatic carbocycles. The Morgan fingerprint density at radius 3 is 3.07 bits per heavy atom. The zero-order valence-electron chi connectivity index (χ0n) is 7.42. The molecule has 1 N–H and O–H groups in total. The number of aromatic nitrogens is 1. The van der Waals surface area contributed by atoms with Gasteiger partial charge in [-0.15, -0.1) is 0 Å². The van der Waals surface area contributed by atoms with Crippen LogP contribution in [0.25, 0.3) is 0 Å². The van der Waals surface area contributed by atoms with Crippen LogP contribution in [0, 0.1) is 0 Å². The van der Waals surface area contributed by atoms with E-state index in [2.05, 4.69) is 9.98 Å². The van der Waals surface area contributed by atoms with Gasteiger partial charge in [-0.2, -0.15) is 0 Å². The van der Waals surface area contributed by atoms with Crippen LogP contribution in [0.4, 0.5) is 5.69 Å². The quantitative estimate of drug-likeness (QED) is 0.744. The van der Waals surface area contributed by atoms with E-state index in [9.17, 15) is 4.79 Å². The molecular formula is C9H9N3O2. The van der Waals surface area contributed by atoms with E-state index in [4.69, 9.17) is 5.11 Å². The first-order valence-corrected chi connectivity index (χ1v) is 4.24. The molecule has 0 spiro atoms. The topological polar surface area (TPSA) is 65.8 Å². The van der Waals surface area contributed by atoms with Crippen LogP contribution in [0.5, 0.6) is 0 Å². The minimum atomic E-state index is -1.01. The largest absolute Gasteiger partial charge is 0.476 e. The predicted molar refractivity (Wildman–Crippen MR) is 51.9 cm³/mol. The molecule has 1 aromatic rings. The summed E-state index contributed by atoms with van der Waals surface area (Å²) in [4.78, 5) is 20.5. The summed E-state index contributed by atoms with van der Waals surface area (Å²) >= 11 is 0. The highest BCUT2D eigenvalue weighted by molar-refractivity contribution is 5.96. The van der Waals surface area contributed by atoms with Gasteiger partial charge in [0.05, 0.1) is 18.6 Å². The summed E-state index contributed by atoms with van der Waals surface area (Å²) in [5.74, 6) is -1.01. The van der Waals surface area contributed by atoms with Crippen molar-refractivity contribution in [3.05, 3.63) is 24.0 Å². The highest BCUT2D eigenvalue weighted by atomic mass is 16.4. The van der Waals surface area contributed by atoms with Crippen LogP contribution >= 0.6 is 0 Å². The lowest BCUT2D eigenvalue weighted by molar-refractivity contribution is 0.0691. The molecule has 14 heavy (non-hydrogen) atoms. The fraction of sp³-hybridized carbons (Fsp3) is 0.222. The summed E-state index contributed by atoms with van der Waals surface area (Å²) in [5, 5.41) is 8.89. The number of hydrogen-bond donors (Lipinski definition) is 1. The lowest BCUT2D eigenvalue weighted by Crippen LogP contribution is -2.21. The third-order valence-electron chi connectivity index (χ3n) is 1.99. The Morgan fingerprint density at radius 1 is 1.57 bits per heavy atom. The zero-order valence-corrected chi connectivity index (χ0v) is 7.42. The summed E-state index contributed by atoms with van der Waals surface area (Å²) in [6, 6.07) is 3.45. The van der Waals surface area contributed by atoms with E-state index in [0.717, 1.165) is 0 Å². The molecule has 1 aliphatic heterocycles. The molecule has 0 fully saturated rings. The molecule has 0 bridgehead atoms. The minimum absolute atomic E-state index is 0.0702. The molecule has 1 aliphatic rings. The molecule has 0 atom stereocenters. The second-order valence-corrected chi connectivity index (χ2v) is 2.89. The number of anilines is 1. The Hall–Kier alpha value is -1.91. The van der Waals surface area contributed by atoms with Gasteiger partial charge in [-0.25, -0.2) is 9.78 Å². The Labute approximate surface area is 80.7 Å². The number of pyridine rings is 1. The number of hydrogen-bond acceptors (Lipinski definition) is 4. The fourth-order valence-electron chi connectivity index (χ4n) is 1.36. The molecule has 0 unspecified atom stereocenters. The van der Waals surface area contributed by atoms with Crippen LogP contribution in [0.3, 0.4) is 0 Å². The molecule has 1 aromatic heterocycles. The van der Waals surface area contributed by atoms with Crippen molar-refractivity contribution in [3.63, 3.8) is 0 Å². The molecular weight excluding hydrogens is 182 g/mol. The van der Waals surface area contributed by atoms with Gasteiger partial charge in [-0.3, -0.25) is 4.99 Å². The Kier molecular flexibility index (Phi) is 2.14. The van der Waals surface area contributed by atoms with Crippen molar-refractivity contribution < 1.29 is 9.90 Å². The van der Waals surface area contributed by atoms with Gasteiger partial charge in [0.2, 0.25) is 0 Å². The first-order chi connectivity index (χ1) is 6.79. The maximum absolute atomic E-state index is 10.8.